The van der Waals surface area contributed by atoms with Gasteiger partial charge in [0, 0.05) is 17.7 Å². The van der Waals surface area contributed by atoms with Gasteiger partial charge in [0.05, 0.1) is 4.92 Å². The van der Waals surface area contributed by atoms with Gasteiger partial charge in [-0.05, 0) is 53.6 Å². The van der Waals surface area contributed by atoms with Crippen molar-refractivity contribution in [2.45, 2.75) is 6.61 Å². The van der Waals surface area contributed by atoms with Gasteiger partial charge in [-0.3, -0.25) is 10.1 Å². The lowest BCUT2D eigenvalue weighted by Gasteiger charge is -2.07. The van der Waals surface area contributed by atoms with Gasteiger partial charge in [-0.25, -0.2) is 9.79 Å². The summed E-state index contributed by atoms with van der Waals surface area (Å²) in [5, 5.41) is 10.7. The summed E-state index contributed by atoms with van der Waals surface area (Å²) >= 11 is 0. The molecule has 0 aromatic heterocycles. The number of rotatable bonds is 6. The molecule has 0 saturated heterocycles. The zero-order valence-corrected chi connectivity index (χ0v) is 15.7. The van der Waals surface area contributed by atoms with Gasteiger partial charge in [-0.15, -0.1) is 0 Å². The predicted octanol–water partition coefficient (Wildman–Crippen LogP) is 4.52. The van der Waals surface area contributed by atoms with E-state index in [4.69, 9.17) is 9.47 Å². The first kappa shape index (κ1) is 19.1. The maximum Gasteiger partial charge on any atom is 0.363 e. The predicted molar refractivity (Wildman–Crippen MR) is 111 cm³/mol. The quantitative estimate of drug-likeness (QED) is 0.263. The first-order valence-electron chi connectivity index (χ1n) is 9.13. The van der Waals surface area contributed by atoms with Crippen LogP contribution in [-0.4, -0.2) is 16.8 Å². The Balaban J connectivity index is 1.47. The van der Waals surface area contributed by atoms with E-state index in [2.05, 4.69) is 4.99 Å². The Hall–Kier alpha value is -4.26. The zero-order valence-electron chi connectivity index (χ0n) is 15.7. The van der Waals surface area contributed by atoms with Crippen molar-refractivity contribution in [2.75, 3.05) is 0 Å². The summed E-state index contributed by atoms with van der Waals surface area (Å²) in [6.07, 6.45) is 1.64. The summed E-state index contributed by atoms with van der Waals surface area (Å²) in [5.41, 5.74) is 2.52. The third-order valence-electron chi connectivity index (χ3n) is 4.36. The van der Waals surface area contributed by atoms with Crippen molar-refractivity contribution in [2.24, 2.45) is 4.99 Å². The lowest BCUT2D eigenvalue weighted by atomic mass is 10.2. The highest BCUT2D eigenvalue weighted by Gasteiger charge is 2.23. The van der Waals surface area contributed by atoms with Crippen LogP contribution in [0.5, 0.6) is 5.75 Å². The Morgan fingerprint density at radius 1 is 1.00 bits per heavy atom. The second-order valence-corrected chi connectivity index (χ2v) is 6.49. The number of aliphatic imine (C=N–C) groups is 1. The van der Waals surface area contributed by atoms with Crippen molar-refractivity contribution in [3.05, 3.63) is 111 Å². The van der Waals surface area contributed by atoms with Gasteiger partial charge in [0.15, 0.2) is 5.70 Å². The van der Waals surface area contributed by atoms with Crippen LogP contribution in [0.25, 0.3) is 6.08 Å². The van der Waals surface area contributed by atoms with Crippen LogP contribution >= 0.6 is 0 Å². The van der Waals surface area contributed by atoms with E-state index in [1.54, 1.807) is 36.4 Å². The molecule has 0 spiro atoms. The average molecular weight is 400 g/mol. The van der Waals surface area contributed by atoms with Crippen LogP contribution in [0.4, 0.5) is 5.69 Å². The van der Waals surface area contributed by atoms with Gasteiger partial charge >= 0.3 is 5.97 Å². The maximum absolute atomic E-state index is 12.1. The van der Waals surface area contributed by atoms with Crippen LogP contribution in [0.1, 0.15) is 16.7 Å². The number of carbonyl (C=O) groups is 1. The minimum atomic E-state index is -0.508. The molecule has 0 saturated carbocycles. The van der Waals surface area contributed by atoms with Gasteiger partial charge in [0.25, 0.3) is 5.69 Å². The number of nitrogens with zero attached hydrogens (tertiary/aromatic N) is 2. The van der Waals surface area contributed by atoms with Crippen LogP contribution in [0.3, 0.4) is 0 Å². The number of benzene rings is 3. The Bertz CT molecular complexity index is 1150. The molecule has 0 N–H and O–H groups in total. The number of hydrogen-bond donors (Lipinski definition) is 0. The lowest BCUT2D eigenvalue weighted by molar-refractivity contribution is -0.384. The van der Waals surface area contributed by atoms with Crippen LogP contribution in [0.15, 0.2) is 89.6 Å². The van der Waals surface area contributed by atoms with E-state index in [1.807, 2.05) is 36.4 Å². The van der Waals surface area contributed by atoms with E-state index in [-0.39, 0.29) is 23.9 Å². The molecule has 0 bridgehead atoms. The molecule has 0 amide bonds. The normalized spacial score (nSPS) is 14.3. The molecule has 0 atom stereocenters. The molecule has 0 aliphatic carbocycles. The highest BCUT2D eigenvalue weighted by molar-refractivity contribution is 6.12. The first-order chi connectivity index (χ1) is 14.6. The van der Waals surface area contributed by atoms with E-state index < -0.39 is 10.9 Å². The first-order valence-corrected chi connectivity index (χ1v) is 9.13. The number of ether oxygens (including phenoxy) is 2. The SMILES string of the molecule is O=C1OC(c2ccccc2)=N/C1=C\c1cccc(OCc2ccc([N+](=O)[O-])cc2)c1. The Morgan fingerprint density at radius 3 is 2.50 bits per heavy atom. The highest BCUT2D eigenvalue weighted by atomic mass is 16.6. The van der Waals surface area contributed by atoms with E-state index in [0.717, 1.165) is 16.7 Å². The third-order valence-corrected chi connectivity index (χ3v) is 4.36. The summed E-state index contributed by atoms with van der Waals surface area (Å²) in [5.74, 6) is 0.366. The smallest absolute Gasteiger partial charge is 0.363 e. The van der Waals surface area contributed by atoms with Gasteiger partial charge in [-0.2, -0.15) is 0 Å². The number of hydrogen-bond acceptors (Lipinski definition) is 6. The van der Waals surface area contributed by atoms with E-state index in [0.29, 0.717) is 5.75 Å². The fourth-order valence-corrected chi connectivity index (χ4v) is 2.85. The summed E-state index contributed by atoms with van der Waals surface area (Å²) < 4.78 is 11.0. The third kappa shape index (κ3) is 4.41. The van der Waals surface area contributed by atoms with Crippen molar-refractivity contribution in [3.63, 3.8) is 0 Å². The molecular formula is C23H16N2O5. The molecule has 0 radical (unpaired) electrons. The Labute approximate surface area is 172 Å². The number of non-ortho nitro benzene ring substituents is 1. The molecule has 1 aliphatic rings. The molecular weight excluding hydrogens is 384 g/mol. The van der Waals surface area contributed by atoms with Gasteiger partial charge < -0.3 is 9.47 Å². The molecule has 1 aliphatic heterocycles. The van der Waals surface area contributed by atoms with E-state index >= 15 is 0 Å². The maximum atomic E-state index is 12.1. The molecule has 1 heterocycles. The molecule has 3 aromatic rings. The second-order valence-electron chi connectivity index (χ2n) is 6.49. The van der Waals surface area contributed by atoms with Gasteiger partial charge in [0.1, 0.15) is 12.4 Å². The standard InChI is InChI=1S/C23H16N2O5/c26-23-21(24-22(30-23)18-6-2-1-3-7-18)14-17-5-4-8-20(13-17)29-15-16-9-11-19(12-10-16)25(27)28/h1-14H,15H2/b21-14-. The number of carbonyl (C=O) groups excluding carboxylic acids is 1. The van der Waals surface area contributed by atoms with Crippen LogP contribution in [0.2, 0.25) is 0 Å². The Kier molecular flexibility index (Phi) is 5.34. The monoisotopic (exact) mass is 400 g/mol. The van der Waals surface area contributed by atoms with E-state index in [1.165, 1.54) is 12.1 Å². The molecule has 0 fully saturated rings. The van der Waals surface area contributed by atoms with Gasteiger partial charge in [-0.1, -0.05) is 30.3 Å². The minimum absolute atomic E-state index is 0.0336. The van der Waals surface area contributed by atoms with E-state index in [9.17, 15) is 14.9 Å². The molecule has 4 rings (SSSR count). The fourth-order valence-electron chi connectivity index (χ4n) is 2.85. The number of esters is 1. The minimum Gasteiger partial charge on any atom is -0.489 e. The largest absolute Gasteiger partial charge is 0.489 e. The van der Waals surface area contributed by atoms with Crippen LogP contribution < -0.4 is 4.74 Å². The zero-order chi connectivity index (χ0) is 20.9. The molecule has 7 heteroatoms. The molecule has 0 unspecified atom stereocenters. The van der Waals surface area contributed by atoms with Crippen molar-refractivity contribution in [3.8, 4) is 5.75 Å². The summed E-state index contributed by atoms with van der Waals surface area (Å²) in [6, 6.07) is 22.6. The van der Waals surface area contributed by atoms with Gasteiger partial charge in [0.2, 0.25) is 5.90 Å². The molecule has 148 valence electrons. The molecule has 7 nitrogen and oxygen atoms in total. The van der Waals surface area contributed by atoms with Crippen molar-refractivity contribution in [1.82, 2.24) is 0 Å². The van der Waals surface area contributed by atoms with Crippen LogP contribution in [-0.2, 0) is 16.1 Å². The highest BCUT2D eigenvalue weighted by Crippen LogP contribution is 2.22. The lowest BCUT2D eigenvalue weighted by Crippen LogP contribution is -2.04. The van der Waals surface area contributed by atoms with Crippen molar-refractivity contribution < 1.29 is 19.2 Å². The van der Waals surface area contributed by atoms with Crippen molar-refractivity contribution in [1.29, 1.82) is 0 Å². The number of nitro groups is 1. The molecule has 3 aromatic carbocycles. The average Bonchev–Trinajstić information content (AvgIpc) is 3.14. The summed E-state index contributed by atoms with van der Waals surface area (Å²) in [7, 11) is 0. The van der Waals surface area contributed by atoms with Crippen molar-refractivity contribution >= 4 is 23.6 Å². The fraction of sp³-hybridized carbons (Fsp3) is 0.0435. The number of cyclic esters (lactones) is 1. The summed E-state index contributed by atoms with van der Waals surface area (Å²) in [4.78, 5) is 26.7. The molecule has 30 heavy (non-hydrogen) atoms. The topological polar surface area (TPSA) is 91.0 Å². The Morgan fingerprint density at radius 2 is 1.77 bits per heavy atom. The number of nitro benzene ring substituents is 1. The second kappa shape index (κ2) is 8.40. The summed E-state index contributed by atoms with van der Waals surface area (Å²) in [6.45, 7) is 0.260. The van der Waals surface area contributed by atoms with Crippen LogP contribution in [0, 0.1) is 10.1 Å².